The molecule has 2 aromatic rings. The second-order valence-electron chi connectivity index (χ2n) is 5.44. The van der Waals surface area contributed by atoms with Crippen molar-refractivity contribution in [3.05, 3.63) is 44.8 Å². The fourth-order valence-corrected chi connectivity index (χ4v) is 3.20. The van der Waals surface area contributed by atoms with Crippen LogP contribution in [-0.2, 0) is 4.74 Å². The summed E-state index contributed by atoms with van der Waals surface area (Å²) in [5.74, 6) is 0.00150. The number of aromatic nitrogens is 2. The first-order chi connectivity index (χ1) is 12.0. The van der Waals surface area contributed by atoms with Gasteiger partial charge < -0.3 is 9.64 Å². The van der Waals surface area contributed by atoms with Crippen molar-refractivity contribution in [2.75, 3.05) is 36.6 Å². The second kappa shape index (κ2) is 8.07. The van der Waals surface area contributed by atoms with E-state index in [2.05, 4.69) is 36.4 Å². The second-order valence-corrected chi connectivity index (χ2v) is 6.76. The number of hydrogen-bond donors (Lipinski definition) is 1. The minimum Gasteiger partial charge on any atom is -0.378 e. The Kier molecular flexibility index (Phi) is 5.82. The summed E-state index contributed by atoms with van der Waals surface area (Å²) in [7, 11) is 0. The highest BCUT2D eigenvalue weighted by atomic mass is 79.9. The molecule has 0 saturated carbocycles. The molecule has 1 aromatic heterocycles. The molecule has 9 heteroatoms. The van der Waals surface area contributed by atoms with E-state index in [0.29, 0.717) is 31.3 Å². The average Bonchev–Trinajstić information content (AvgIpc) is 2.61. The van der Waals surface area contributed by atoms with Crippen LogP contribution >= 0.6 is 27.5 Å². The van der Waals surface area contributed by atoms with Gasteiger partial charge in [0.2, 0.25) is 5.95 Å². The van der Waals surface area contributed by atoms with Crippen LogP contribution in [0.5, 0.6) is 0 Å². The summed E-state index contributed by atoms with van der Waals surface area (Å²) in [6.45, 7) is 4.18. The fraction of sp³-hybridized carbons (Fsp3) is 0.312. The van der Waals surface area contributed by atoms with Crippen molar-refractivity contribution in [3.8, 4) is 0 Å². The highest BCUT2D eigenvalue weighted by Crippen LogP contribution is 2.24. The summed E-state index contributed by atoms with van der Waals surface area (Å²) in [5.41, 5.74) is 4.49. The zero-order chi connectivity index (χ0) is 17.8. The van der Waals surface area contributed by atoms with Crippen LogP contribution in [0, 0.1) is 12.7 Å². The van der Waals surface area contributed by atoms with Gasteiger partial charge in [0.1, 0.15) is 0 Å². The predicted octanol–water partition coefficient (Wildman–Crippen LogP) is 3.62. The van der Waals surface area contributed by atoms with Gasteiger partial charge >= 0.3 is 0 Å². The third-order valence-corrected chi connectivity index (χ3v) is 4.60. The van der Waals surface area contributed by atoms with E-state index >= 15 is 0 Å². The SMILES string of the molecule is Cc1c(Cl)cc(Br)cc1/C=N\Nc1ncc(F)c(N2CCOCC2)n1. The van der Waals surface area contributed by atoms with E-state index in [4.69, 9.17) is 16.3 Å². The van der Waals surface area contributed by atoms with Crippen LogP contribution in [-0.4, -0.2) is 42.5 Å². The molecule has 1 N–H and O–H groups in total. The molecule has 25 heavy (non-hydrogen) atoms. The summed E-state index contributed by atoms with van der Waals surface area (Å²) < 4.78 is 20.1. The lowest BCUT2D eigenvalue weighted by Crippen LogP contribution is -2.37. The van der Waals surface area contributed by atoms with E-state index in [1.165, 1.54) is 0 Å². The van der Waals surface area contributed by atoms with Gasteiger partial charge in [0.05, 0.1) is 25.6 Å². The summed E-state index contributed by atoms with van der Waals surface area (Å²) >= 11 is 9.54. The topological polar surface area (TPSA) is 62.6 Å². The Balaban J connectivity index is 1.75. The molecule has 0 amide bonds. The molecule has 0 unspecified atom stereocenters. The Bertz CT molecular complexity index is 798. The van der Waals surface area contributed by atoms with Crippen molar-refractivity contribution < 1.29 is 9.13 Å². The summed E-state index contributed by atoms with van der Waals surface area (Å²) in [6.07, 6.45) is 2.75. The average molecular weight is 429 g/mol. The third kappa shape index (κ3) is 4.45. The molecule has 0 spiro atoms. The number of nitrogens with zero attached hydrogens (tertiary/aromatic N) is 4. The monoisotopic (exact) mass is 427 g/mol. The Morgan fingerprint density at radius 2 is 2.16 bits per heavy atom. The molecule has 3 rings (SSSR count). The van der Waals surface area contributed by atoms with Gasteiger partial charge in [-0.1, -0.05) is 27.5 Å². The fourth-order valence-electron chi connectivity index (χ4n) is 2.37. The molecule has 0 radical (unpaired) electrons. The Labute approximate surface area is 158 Å². The first-order valence-electron chi connectivity index (χ1n) is 7.64. The van der Waals surface area contributed by atoms with Gasteiger partial charge in [0, 0.05) is 28.1 Å². The van der Waals surface area contributed by atoms with E-state index in [9.17, 15) is 4.39 Å². The van der Waals surface area contributed by atoms with Gasteiger partial charge in [-0.25, -0.2) is 14.8 Å². The van der Waals surface area contributed by atoms with Crippen LogP contribution in [0.1, 0.15) is 11.1 Å². The number of hydrazone groups is 1. The van der Waals surface area contributed by atoms with Crippen molar-refractivity contribution in [1.29, 1.82) is 0 Å². The highest BCUT2D eigenvalue weighted by Gasteiger charge is 2.17. The molecule has 1 aliphatic rings. The largest absolute Gasteiger partial charge is 0.378 e. The van der Waals surface area contributed by atoms with Gasteiger partial charge in [-0.15, -0.1) is 0 Å². The number of morpholine rings is 1. The molecule has 2 heterocycles. The minimum absolute atomic E-state index is 0.220. The molecular weight excluding hydrogens is 413 g/mol. The van der Waals surface area contributed by atoms with Crippen molar-refractivity contribution in [2.45, 2.75) is 6.92 Å². The number of nitrogens with one attached hydrogen (secondary N) is 1. The van der Waals surface area contributed by atoms with Crippen LogP contribution in [0.25, 0.3) is 0 Å². The van der Waals surface area contributed by atoms with E-state index in [1.54, 1.807) is 6.21 Å². The van der Waals surface area contributed by atoms with Gasteiger partial charge in [-0.05, 0) is 24.6 Å². The quantitative estimate of drug-likeness (QED) is 0.595. The van der Waals surface area contributed by atoms with Gasteiger partial charge in [-0.3, -0.25) is 0 Å². The number of benzene rings is 1. The lowest BCUT2D eigenvalue weighted by Gasteiger charge is -2.27. The summed E-state index contributed by atoms with van der Waals surface area (Å²) in [6, 6.07) is 3.72. The van der Waals surface area contributed by atoms with Gasteiger partial charge in [-0.2, -0.15) is 10.1 Å². The number of rotatable bonds is 4. The van der Waals surface area contributed by atoms with E-state index < -0.39 is 5.82 Å². The predicted molar refractivity (Wildman–Crippen MR) is 100 cm³/mol. The first kappa shape index (κ1) is 18.0. The number of ether oxygens (including phenoxy) is 1. The van der Waals surface area contributed by atoms with E-state index in [-0.39, 0.29) is 11.8 Å². The number of hydrogen-bond acceptors (Lipinski definition) is 6. The molecule has 6 nitrogen and oxygen atoms in total. The minimum atomic E-state index is -0.467. The lowest BCUT2D eigenvalue weighted by atomic mass is 10.1. The lowest BCUT2D eigenvalue weighted by molar-refractivity contribution is 0.122. The van der Waals surface area contributed by atoms with Crippen molar-refractivity contribution in [3.63, 3.8) is 0 Å². The Morgan fingerprint density at radius 1 is 1.40 bits per heavy atom. The first-order valence-corrected chi connectivity index (χ1v) is 8.81. The maximum atomic E-state index is 14.0. The maximum absolute atomic E-state index is 14.0. The molecule has 1 aromatic carbocycles. The van der Waals surface area contributed by atoms with Crippen LogP contribution in [0.4, 0.5) is 16.2 Å². The molecular formula is C16H16BrClFN5O. The highest BCUT2D eigenvalue weighted by molar-refractivity contribution is 9.10. The van der Waals surface area contributed by atoms with Crippen molar-refractivity contribution in [1.82, 2.24) is 9.97 Å². The normalized spacial score (nSPS) is 15.0. The van der Waals surface area contributed by atoms with Gasteiger partial charge in [0.25, 0.3) is 0 Å². The molecule has 0 atom stereocenters. The molecule has 0 bridgehead atoms. The zero-order valence-electron chi connectivity index (χ0n) is 13.5. The Hall–Kier alpha value is -1.77. The zero-order valence-corrected chi connectivity index (χ0v) is 15.8. The van der Waals surface area contributed by atoms with Crippen molar-refractivity contribution >= 4 is 45.5 Å². The molecule has 1 fully saturated rings. The van der Waals surface area contributed by atoms with Gasteiger partial charge in [0.15, 0.2) is 11.6 Å². The smallest absolute Gasteiger partial charge is 0.245 e. The molecule has 1 aliphatic heterocycles. The summed E-state index contributed by atoms with van der Waals surface area (Å²) in [5, 5.41) is 4.77. The number of anilines is 2. The molecule has 1 saturated heterocycles. The standard InChI is InChI=1S/C16H16BrClFN5O/c1-10-11(6-12(17)7-13(10)18)8-21-23-16-20-9-14(19)15(22-16)24-2-4-25-5-3-24/h6-9H,2-5H2,1H3,(H,20,22,23)/b21-8-. The van der Waals surface area contributed by atoms with E-state index in [0.717, 1.165) is 21.8 Å². The van der Waals surface area contributed by atoms with Crippen LogP contribution in [0.3, 0.4) is 0 Å². The molecule has 0 aliphatic carbocycles. The third-order valence-electron chi connectivity index (χ3n) is 3.75. The molecule has 132 valence electrons. The van der Waals surface area contributed by atoms with E-state index in [1.807, 2.05) is 24.0 Å². The number of halogens is 3. The van der Waals surface area contributed by atoms with Crippen LogP contribution in [0.2, 0.25) is 5.02 Å². The summed E-state index contributed by atoms with van der Waals surface area (Å²) in [4.78, 5) is 9.95. The van der Waals surface area contributed by atoms with Crippen molar-refractivity contribution in [2.24, 2.45) is 5.10 Å². The maximum Gasteiger partial charge on any atom is 0.245 e. The van der Waals surface area contributed by atoms with Crippen LogP contribution in [0.15, 0.2) is 27.9 Å². The van der Waals surface area contributed by atoms with Crippen LogP contribution < -0.4 is 10.3 Å². The Morgan fingerprint density at radius 3 is 2.92 bits per heavy atom.